The summed E-state index contributed by atoms with van der Waals surface area (Å²) in [4.78, 5) is 23.8. The van der Waals surface area contributed by atoms with Gasteiger partial charge in [-0.25, -0.2) is 13.1 Å². The van der Waals surface area contributed by atoms with Gasteiger partial charge in [0.2, 0.25) is 10.0 Å². The largest absolute Gasteiger partial charge is 0.453 e. The minimum absolute atomic E-state index is 0.0734. The number of rotatable bonds is 8. The molecule has 0 saturated heterocycles. The Morgan fingerprint density at radius 2 is 2.04 bits per heavy atom. The van der Waals surface area contributed by atoms with Gasteiger partial charge in [-0.3, -0.25) is 9.59 Å². The zero-order valence-corrected chi connectivity index (χ0v) is 15.8. The fourth-order valence-electron chi connectivity index (χ4n) is 2.65. The summed E-state index contributed by atoms with van der Waals surface area (Å²) in [6.07, 6.45) is 4.29. The molecule has 1 amide bonds. The lowest BCUT2D eigenvalue weighted by Gasteiger charge is -2.24. The second-order valence-electron chi connectivity index (χ2n) is 6.06. The van der Waals surface area contributed by atoms with E-state index in [-0.39, 0.29) is 29.1 Å². The number of hydrogen-bond acceptors (Lipinski definition) is 6. The third kappa shape index (κ3) is 6.41. The number of sulfonamides is 1. The third-order valence-corrected chi connectivity index (χ3v) is 6.87. The Morgan fingerprint density at radius 3 is 2.68 bits per heavy atom. The van der Waals surface area contributed by atoms with Crippen LogP contribution in [-0.4, -0.2) is 39.0 Å². The molecule has 1 saturated carbocycles. The maximum absolute atomic E-state index is 12.0. The number of hydrogen-bond donors (Lipinski definition) is 2. The van der Waals surface area contributed by atoms with Crippen LogP contribution in [0.5, 0.6) is 0 Å². The van der Waals surface area contributed by atoms with Crippen molar-refractivity contribution in [1.82, 2.24) is 10.0 Å². The molecule has 0 spiro atoms. The van der Waals surface area contributed by atoms with Crippen molar-refractivity contribution in [3.63, 3.8) is 0 Å². The minimum atomic E-state index is -3.60. The molecule has 1 unspecified atom stereocenters. The van der Waals surface area contributed by atoms with Crippen LogP contribution in [0.1, 0.15) is 45.4 Å². The van der Waals surface area contributed by atoms with Crippen molar-refractivity contribution in [3.05, 3.63) is 17.5 Å². The summed E-state index contributed by atoms with van der Waals surface area (Å²) >= 11 is 1.10. The topological polar surface area (TPSA) is 102 Å². The highest BCUT2D eigenvalue weighted by Crippen LogP contribution is 2.17. The number of nitrogens with one attached hydrogen (secondary N) is 2. The van der Waals surface area contributed by atoms with Crippen molar-refractivity contribution in [2.75, 3.05) is 6.54 Å². The summed E-state index contributed by atoms with van der Waals surface area (Å²) in [5.41, 5.74) is 0. The van der Waals surface area contributed by atoms with Crippen molar-refractivity contribution < 1.29 is 22.7 Å². The van der Waals surface area contributed by atoms with E-state index in [0.717, 1.165) is 37.0 Å². The number of carbonyl (C=O) groups is 2. The van der Waals surface area contributed by atoms with Gasteiger partial charge in [-0.05, 0) is 31.2 Å². The Balaban J connectivity index is 1.69. The van der Waals surface area contributed by atoms with E-state index in [4.69, 9.17) is 4.74 Å². The Kier molecular flexibility index (Phi) is 7.39. The summed E-state index contributed by atoms with van der Waals surface area (Å²) < 4.78 is 31.4. The zero-order chi connectivity index (χ0) is 18.3. The van der Waals surface area contributed by atoms with Gasteiger partial charge in [0.1, 0.15) is 4.21 Å². The molecule has 7 nitrogen and oxygen atoms in total. The van der Waals surface area contributed by atoms with E-state index in [1.807, 2.05) is 0 Å². The van der Waals surface area contributed by atoms with Crippen molar-refractivity contribution in [3.8, 4) is 0 Å². The van der Waals surface area contributed by atoms with Gasteiger partial charge in [-0.15, -0.1) is 11.3 Å². The molecular weight excluding hydrogens is 364 g/mol. The molecular formula is C16H24N2O5S2. The first-order chi connectivity index (χ1) is 11.9. The maximum Gasteiger partial charge on any atom is 0.307 e. The fourth-order valence-corrected chi connectivity index (χ4v) is 4.72. The summed E-state index contributed by atoms with van der Waals surface area (Å²) in [5, 5.41) is 4.56. The van der Waals surface area contributed by atoms with E-state index >= 15 is 0 Å². The molecule has 1 aromatic heterocycles. The normalized spacial score (nSPS) is 17.0. The lowest BCUT2D eigenvalue weighted by molar-refractivity contribution is -0.155. The summed E-state index contributed by atoms with van der Waals surface area (Å²) in [6.45, 7) is 1.45. The monoisotopic (exact) mass is 388 g/mol. The van der Waals surface area contributed by atoms with Gasteiger partial charge in [0.05, 0.1) is 6.42 Å². The number of carbonyl (C=O) groups excluding carboxylic acids is 2. The molecule has 1 fully saturated rings. The van der Waals surface area contributed by atoms with E-state index < -0.39 is 22.1 Å². The first-order valence-electron chi connectivity index (χ1n) is 8.41. The highest BCUT2D eigenvalue weighted by atomic mass is 32.2. The van der Waals surface area contributed by atoms with Gasteiger partial charge in [-0.1, -0.05) is 25.3 Å². The number of amides is 1. The quantitative estimate of drug-likeness (QED) is 0.661. The second kappa shape index (κ2) is 9.30. The number of thiophene rings is 1. The van der Waals surface area contributed by atoms with Gasteiger partial charge in [0.15, 0.2) is 6.10 Å². The lowest BCUT2D eigenvalue weighted by atomic mass is 9.95. The average molecular weight is 389 g/mol. The number of ether oxygens (including phenoxy) is 1. The second-order valence-corrected chi connectivity index (χ2v) is 9.00. The standard InChI is InChI=1S/C16H24N2O5S2/c1-12(16(20)18-13-6-3-2-4-7-13)23-14(19)9-10-17-25(21,22)15-8-5-11-24-15/h5,8,11-13,17H,2-4,6-7,9-10H2,1H3,(H,18,20). The van der Waals surface area contributed by atoms with Crippen LogP contribution in [-0.2, 0) is 24.3 Å². The van der Waals surface area contributed by atoms with Crippen LogP contribution in [0.15, 0.2) is 21.7 Å². The van der Waals surface area contributed by atoms with Crippen LogP contribution in [0.4, 0.5) is 0 Å². The molecule has 1 atom stereocenters. The van der Waals surface area contributed by atoms with Gasteiger partial charge in [0, 0.05) is 12.6 Å². The van der Waals surface area contributed by atoms with E-state index in [1.54, 1.807) is 11.4 Å². The van der Waals surface area contributed by atoms with Gasteiger partial charge in [0.25, 0.3) is 5.91 Å². The molecule has 0 radical (unpaired) electrons. The molecule has 2 rings (SSSR count). The molecule has 0 bridgehead atoms. The highest BCUT2D eigenvalue weighted by Gasteiger charge is 2.22. The molecule has 9 heteroatoms. The molecule has 2 N–H and O–H groups in total. The molecule has 1 aliphatic rings. The van der Waals surface area contributed by atoms with Crippen LogP contribution in [0, 0.1) is 0 Å². The summed E-state index contributed by atoms with van der Waals surface area (Å²) in [7, 11) is -3.60. The number of esters is 1. The molecule has 1 heterocycles. The van der Waals surface area contributed by atoms with Crippen LogP contribution in [0.2, 0.25) is 0 Å². The van der Waals surface area contributed by atoms with Gasteiger partial charge < -0.3 is 10.1 Å². The Hall–Kier alpha value is -1.45. The predicted octanol–water partition coefficient (Wildman–Crippen LogP) is 1.80. The average Bonchev–Trinajstić information content (AvgIpc) is 3.11. The minimum Gasteiger partial charge on any atom is -0.453 e. The summed E-state index contributed by atoms with van der Waals surface area (Å²) in [6, 6.07) is 3.28. The zero-order valence-electron chi connectivity index (χ0n) is 14.2. The van der Waals surface area contributed by atoms with Crippen molar-refractivity contribution in [2.45, 2.75) is 61.8 Å². The van der Waals surface area contributed by atoms with Crippen LogP contribution >= 0.6 is 11.3 Å². The Labute approximate surface area is 152 Å². The highest BCUT2D eigenvalue weighted by molar-refractivity contribution is 7.91. The van der Waals surface area contributed by atoms with Crippen LogP contribution in [0.25, 0.3) is 0 Å². The van der Waals surface area contributed by atoms with Crippen molar-refractivity contribution in [1.29, 1.82) is 0 Å². The molecule has 1 aliphatic carbocycles. The molecule has 1 aromatic rings. The summed E-state index contributed by atoms with van der Waals surface area (Å²) in [5.74, 6) is -0.917. The Bertz CT molecular complexity index is 667. The smallest absolute Gasteiger partial charge is 0.307 e. The third-order valence-electron chi connectivity index (χ3n) is 4.01. The van der Waals surface area contributed by atoms with Crippen LogP contribution < -0.4 is 10.0 Å². The van der Waals surface area contributed by atoms with E-state index in [0.29, 0.717) is 0 Å². The Morgan fingerprint density at radius 1 is 1.32 bits per heavy atom. The SMILES string of the molecule is CC(OC(=O)CCNS(=O)(=O)c1cccs1)C(=O)NC1CCCCC1. The van der Waals surface area contributed by atoms with E-state index in [1.165, 1.54) is 19.4 Å². The molecule has 0 aromatic carbocycles. The first-order valence-corrected chi connectivity index (χ1v) is 10.8. The van der Waals surface area contributed by atoms with E-state index in [9.17, 15) is 18.0 Å². The predicted molar refractivity (Wildman–Crippen MR) is 94.7 cm³/mol. The van der Waals surface area contributed by atoms with Crippen molar-refractivity contribution in [2.24, 2.45) is 0 Å². The first kappa shape index (κ1) is 19.9. The van der Waals surface area contributed by atoms with Gasteiger partial charge >= 0.3 is 5.97 Å². The van der Waals surface area contributed by atoms with Crippen molar-refractivity contribution >= 4 is 33.2 Å². The van der Waals surface area contributed by atoms with Gasteiger partial charge in [-0.2, -0.15) is 0 Å². The van der Waals surface area contributed by atoms with Crippen LogP contribution in [0.3, 0.4) is 0 Å². The molecule has 0 aliphatic heterocycles. The molecule has 25 heavy (non-hydrogen) atoms. The maximum atomic E-state index is 12.0. The molecule has 140 valence electrons. The van der Waals surface area contributed by atoms with E-state index in [2.05, 4.69) is 10.0 Å². The lowest BCUT2D eigenvalue weighted by Crippen LogP contribution is -2.43. The fraction of sp³-hybridized carbons (Fsp3) is 0.625.